The SMILES string of the molecule is COC(=O)c1cc2cc(NC(=O)COc3ccc(S(=O)(=O)Nc4cccc(C)c4)cc3)ccc2s1. The molecule has 0 radical (unpaired) electrons. The number of rotatable bonds is 8. The van der Waals surface area contributed by atoms with Crippen molar-refractivity contribution < 1.29 is 27.5 Å². The number of thiophene rings is 1. The summed E-state index contributed by atoms with van der Waals surface area (Å²) in [6.45, 7) is 1.62. The number of amides is 1. The lowest BCUT2D eigenvalue weighted by Crippen LogP contribution is -2.20. The lowest BCUT2D eigenvalue weighted by Gasteiger charge is -2.10. The number of anilines is 2. The van der Waals surface area contributed by atoms with Crippen molar-refractivity contribution in [2.45, 2.75) is 11.8 Å². The van der Waals surface area contributed by atoms with E-state index in [9.17, 15) is 18.0 Å². The van der Waals surface area contributed by atoms with Crippen molar-refractivity contribution in [3.8, 4) is 5.75 Å². The maximum atomic E-state index is 12.6. The number of hydrogen-bond acceptors (Lipinski definition) is 7. The van der Waals surface area contributed by atoms with E-state index >= 15 is 0 Å². The van der Waals surface area contributed by atoms with Crippen LogP contribution < -0.4 is 14.8 Å². The number of esters is 1. The van der Waals surface area contributed by atoms with Crippen molar-refractivity contribution in [1.82, 2.24) is 0 Å². The van der Waals surface area contributed by atoms with Gasteiger partial charge in [-0.25, -0.2) is 13.2 Å². The third-order valence-electron chi connectivity index (χ3n) is 4.96. The Balaban J connectivity index is 1.34. The third kappa shape index (κ3) is 5.97. The number of benzene rings is 3. The van der Waals surface area contributed by atoms with Gasteiger partial charge in [0.1, 0.15) is 10.6 Å². The van der Waals surface area contributed by atoms with Crippen molar-refractivity contribution in [1.29, 1.82) is 0 Å². The van der Waals surface area contributed by atoms with Crippen molar-refractivity contribution in [2.75, 3.05) is 23.8 Å². The summed E-state index contributed by atoms with van der Waals surface area (Å²) in [6, 6.07) is 19.9. The van der Waals surface area contributed by atoms with Crippen LogP contribution in [0.4, 0.5) is 11.4 Å². The molecule has 0 aliphatic rings. The minimum Gasteiger partial charge on any atom is -0.484 e. The second kappa shape index (κ2) is 10.2. The Morgan fingerprint density at radius 2 is 1.71 bits per heavy atom. The van der Waals surface area contributed by atoms with Gasteiger partial charge < -0.3 is 14.8 Å². The molecule has 0 atom stereocenters. The Hall–Kier alpha value is -3.89. The molecule has 1 heterocycles. The van der Waals surface area contributed by atoms with E-state index in [1.807, 2.05) is 19.1 Å². The molecule has 0 saturated heterocycles. The molecule has 4 rings (SSSR count). The van der Waals surface area contributed by atoms with Crippen molar-refractivity contribution in [3.05, 3.63) is 83.2 Å². The number of carbonyl (C=O) groups excluding carboxylic acids is 2. The van der Waals surface area contributed by atoms with E-state index in [1.165, 1.54) is 42.7 Å². The molecule has 0 spiro atoms. The van der Waals surface area contributed by atoms with Crippen LogP contribution in [0.1, 0.15) is 15.2 Å². The number of hydrogen-bond donors (Lipinski definition) is 2. The van der Waals surface area contributed by atoms with Crippen molar-refractivity contribution in [2.24, 2.45) is 0 Å². The Bertz CT molecular complexity index is 1490. The third-order valence-corrected chi connectivity index (χ3v) is 7.45. The first-order chi connectivity index (χ1) is 16.7. The van der Waals surface area contributed by atoms with Crippen molar-refractivity contribution >= 4 is 54.7 Å². The maximum absolute atomic E-state index is 12.6. The number of ether oxygens (including phenoxy) is 2. The highest BCUT2D eigenvalue weighted by Gasteiger charge is 2.15. The average Bonchev–Trinajstić information content (AvgIpc) is 3.26. The smallest absolute Gasteiger partial charge is 0.348 e. The Morgan fingerprint density at radius 1 is 0.943 bits per heavy atom. The number of fused-ring (bicyclic) bond motifs is 1. The molecule has 0 fully saturated rings. The number of sulfonamides is 1. The van der Waals surface area contributed by atoms with E-state index in [-0.39, 0.29) is 17.4 Å². The van der Waals surface area contributed by atoms with Crippen LogP contribution in [0.5, 0.6) is 5.75 Å². The molecule has 0 bridgehead atoms. The van der Waals surface area contributed by atoms with E-state index in [4.69, 9.17) is 9.47 Å². The predicted octanol–water partition coefficient (Wildman–Crippen LogP) is 4.81. The highest BCUT2D eigenvalue weighted by Crippen LogP contribution is 2.28. The van der Waals surface area contributed by atoms with E-state index in [0.717, 1.165) is 15.6 Å². The Labute approximate surface area is 206 Å². The minimum atomic E-state index is -3.76. The molecule has 1 aromatic heterocycles. The van der Waals surface area contributed by atoms with Crippen LogP contribution in [-0.4, -0.2) is 34.0 Å². The van der Waals surface area contributed by atoms with E-state index < -0.39 is 16.0 Å². The quantitative estimate of drug-likeness (QED) is 0.329. The highest BCUT2D eigenvalue weighted by molar-refractivity contribution is 7.92. The topological polar surface area (TPSA) is 111 Å². The zero-order valence-electron chi connectivity index (χ0n) is 18.9. The molecule has 180 valence electrons. The molecule has 0 unspecified atom stereocenters. The summed E-state index contributed by atoms with van der Waals surface area (Å²) in [4.78, 5) is 24.6. The number of carbonyl (C=O) groups is 2. The first-order valence-electron chi connectivity index (χ1n) is 10.5. The van der Waals surface area contributed by atoms with Gasteiger partial charge >= 0.3 is 5.97 Å². The second-order valence-electron chi connectivity index (χ2n) is 7.64. The van der Waals surface area contributed by atoms with Gasteiger partial charge in [-0.15, -0.1) is 11.3 Å². The molecule has 0 saturated carbocycles. The molecule has 0 aliphatic heterocycles. The van der Waals surface area contributed by atoms with Gasteiger partial charge in [0, 0.05) is 16.1 Å². The standard InChI is InChI=1S/C25H22N2O6S2/c1-16-4-3-5-19(12-16)27-35(30,31)21-9-7-20(8-10-21)33-15-24(28)26-18-6-11-22-17(13-18)14-23(34-22)25(29)32-2/h3-14,27H,15H2,1-2H3,(H,26,28). The van der Waals surface area contributed by atoms with Gasteiger partial charge in [-0.3, -0.25) is 9.52 Å². The number of nitrogens with one attached hydrogen (secondary N) is 2. The fraction of sp³-hybridized carbons (Fsp3) is 0.120. The van der Waals surface area contributed by atoms with Crippen molar-refractivity contribution in [3.63, 3.8) is 0 Å². The minimum absolute atomic E-state index is 0.0752. The van der Waals surface area contributed by atoms with Crippen LogP contribution in [0.2, 0.25) is 0 Å². The molecule has 35 heavy (non-hydrogen) atoms. The van der Waals surface area contributed by atoms with Crippen LogP contribution in [0.15, 0.2) is 77.7 Å². The molecular weight excluding hydrogens is 488 g/mol. The maximum Gasteiger partial charge on any atom is 0.348 e. The largest absolute Gasteiger partial charge is 0.484 e. The molecule has 1 amide bonds. The highest BCUT2D eigenvalue weighted by atomic mass is 32.2. The van der Waals surface area contributed by atoms with Gasteiger partial charge in [-0.05, 0) is 78.5 Å². The number of aryl methyl sites for hydroxylation is 1. The Kier molecular flexibility index (Phi) is 7.04. The molecular formula is C25H22N2O6S2. The molecule has 0 aliphatic carbocycles. The normalized spacial score (nSPS) is 11.1. The van der Waals surface area contributed by atoms with Gasteiger partial charge in [-0.1, -0.05) is 12.1 Å². The monoisotopic (exact) mass is 510 g/mol. The molecule has 8 nitrogen and oxygen atoms in total. The molecule has 4 aromatic rings. The van der Waals surface area contributed by atoms with E-state index in [1.54, 1.807) is 36.4 Å². The molecule has 2 N–H and O–H groups in total. The van der Waals surface area contributed by atoms with Crippen LogP contribution >= 0.6 is 11.3 Å². The zero-order chi connectivity index (χ0) is 25.0. The van der Waals surface area contributed by atoms with Crippen LogP contribution in [-0.2, 0) is 19.6 Å². The van der Waals surface area contributed by atoms with E-state index in [0.29, 0.717) is 22.0 Å². The van der Waals surface area contributed by atoms with Crippen LogP contribution in [0.3, 0.4) is 0 Å². The fourth-order valence-corrected chi connectivity index (χ4v) is 5.32. The zero-order valence-corrected chi connectivity index (χ0v) is 20.5. The Morgan fingerprint density at radius 3 is 2.43 bits per heavy atom. The molecule has 10 heteroatoms. The fourth-order valence-electron chi connectivity index (χ4n) is 3.31. The predicted molar refractivity (Wildman–Crippen MR) is 136 cm³/mol. The van der Waals surface area contributed by atoms with Gasteiger partial charge in [0.25, 0.3) is 15.9 Å². The van der Waals surface area contributed by atoms with Crippen LogP contribution in [0.25, 0.3) is 10.1 Å². The second-order valence-corrected chi connectivity index (χ2v) is 10.4. The lowest BCUT2D eigenvalue weighted by atomic mass is 10.2. The van der Waals surface area contributed by atoms with Gasteiger partial charge in [0.05, 0.1) is 12.0 Å². The number of methoxy groups -OCH3 is 1. The summed E-state index contributed by atoms with van der Waals surface area (Å²) in [7, 11) is -2.43. The average molecular weight is 511 g/mol. The van der Waals surface area contributed by atoms with Crippen LogP contribution in [0, 0.1) is 6.92 Å². The van der Waals surface area contributed by atoms with Gasteiger partial charge in [-0.2, -0.15) is 0 Å². The molecule has 3 aromatic carbocycles. The van der Waals surface area contributed by atoms with Gasteiger partial charge in [0.15, 0.2) is 6.61 Å². The summed E-state index contributed by atoms with van der Waals surface area (Å²) < 4.78 is 38.9. The summed E-state index contributed by atoms with van der Waals surface area (Å²) in [5.41, 5.74) is 1.97. The first-order valence-corrected chi connectivity index (χ1v) is 12.8. The summed E-state index contributed by atoms with van der Waals surface area (Å²) in [5.74, 6) is -0.439. The van der Waals surface area contributed by atoms with Gasteiger partial charge in [0.2, 0.25) is 0 Å². The van der Waals surface area contributed by atoms with E-state index in [2.05, 4.69) is 10.0 Å². The summed E-state index contributed by atoms with van der Waals surface area (Å²) in [6.07, 6.45) is 0. The lowest BCUT2D eigenvalue weighted by molar-refractivity contribution is -0.118. The summed E-state index contributed by atoms with van der Waals surface area (Å²) >= 11 is 1.31. The summed E-state index contributed by atoms with van der Waals surface area (Å²) in [5, 5.41) is 3.55. The first kappa shape index (κ1) is 24.2.